The van der Waals surface area contributed by atoms with Crippen LogP contribution in [0.2, 0.25) is 10.0 Å². The Morgan fingerprint density at radius 3 is 2.19 bits per heavy atom. The van der Waals surface area contributed by atoms with E-state index in [0.717, 1.165) is 17.5 Å². The number of sulfone groups is 2. The van der Waals surface area contributed by atoms with E-state index in [1.807, 2.05) is 6.92 Å². The maximum atomic E-state index is 13.8. The van der Waals surface area contributed by atoms with Gasteiger partial charge in [-0.25, -0.2) is 31.8 Å². The second-order valence-corrected chi connectivity index (χ2v) is 12.8. The van der Waals surface area contributed by atoms with Gasteiger partial charge in [-0.1, -0.05) is 52.5 Å². The van der Waals surface area contributed by atoms with Gasteiger partial charge < -0.3 is 0 Å². The number of halogens is 2. The van der Waals surface area contributed by atoms with E-state index < -0.39 is 29.7 Å². The highest BCUT2D eigenvalue weighted by atomic mass is 35.5. The molecule has 0 bridgehead atoms. The summed E-state index contributed by atoms with van der Waals surface area (Å²) in [5.74, 6) is 0. The molecule has 0 unspecified atom stereocenters. The molecule has 0 N–H and O–H groups in total. The second-order valence-electron chi connectivity index (χ2n) is 8.24. The summed E-state index contributed by atoms with van der Waals surface area (Å²) in [4.78, 5) is 12.4. The Balaban J connectivity index is 1.91. The fourth-order valence-electron chi connectivity index (χ4n) is 3.89. The van der Waals surface area contributed by atoms with Gasteiger partial charge in [-0.3, -0.25) is 0 Å². The Labute approximate surface area is 218 Å². The Morgan fingerprint density at radius 2 is 1.50 bits per heavy atom. The van der Waals surface area contributed by atoms with Crippen LogP contribution in [-0.2, 0) is 19.7 Å². The van der Waals surface area contributed by atoms with Gasteiger partial charge in [0.1, 0.15) is 12.0 Å². The summed E-state index contributed by atoms with van der Waals surface area (Å²) in [6, 6.07) is 15.6. The van der Waals surface area contributed by atoms with Crippen LogP contribution in [0.25, 0.3) is 0 Å². The standard InChI is InChI=1S/C25H17Cl2N3O4S2/c1-14-3-7-17(8-4-14)35(31,32)24-23-25(29-13-28-24)36(33,34)21-10-5-15(2)11-19(21)22(30-23)18-9-6-16(26)12-20(18)27/h3-13H,1-2H3. The maximum Gasteiger partial charge on any atom is 0.226 e. The van der Waals surface area contributed by atoms with Gasteiger partial charge in [0.15, 0.2) is 10.1 Å². The predicted molar refractivity (Wildman–Crippen MR) is 137 cm³/mol. The molecular formula is C25H17Cl2N3O4S2. The van der Waals surface area contributed by atoms with Crippen LogP contribution in [0, 0.1) is 13.8 Å². The highest BCUT2D eigenvalue weighted by Gasteiger charge is 2.36. The van der Waals surface area contributed by atoms with Crippen molar-refractivity contribution < 1.29 is 16.8 Å². The Bertz CT molecular complexity index is 1800. The first kappa shape index (κ1) is 24.6. The number of hydrogen-bond donors (Lipinski definition) is 0. The van der Waals surface area contributed by atoms with Crippen molar-refractivity contribution in [1.82, 2.24) is 9.97 Å². The van der Waals surface area contributed by atoms with E-state index in [1.54, 1.807) is 43.3 Å². The molecule has 4 aromatic rings. The normalized spacial score (nSPS) is 14.4. The van der Waals surface area contributed by atoms with Crippen molar-refractivity contribution in [3.8, 4) is 0 Å². The number of fused-ring (bicyclic) bond motifs is 2. The molecule has 0 saturated heterocycles. The van der Waals surface area contributed by atoms with Crippen LogP contribution < -0.4 is 0 Å². The molecule has 0 spiro atoms. The number of hydrogen-bond acceptors (Lipinski definition) is 7. The molecule has 2 heterocycles. The minimum atomic E-state index is -4.29. The predicted octanol–water partition coefficient (Wildman–Crippen LogP) is 5.55. The Kier molecular flexibility index (Phi) is 5.99. The molecule has 36 heavy (non-hydrogen) atoms. The second kappa shape index (κ2) is 8.77. The number of aryl methyl sites for hydroxylation is 2. The minimum absolute atomic E-state index is 0.0507. The van der Waals surface area contributed by atoms with Gasteiger partial charge in [-0.2, -0.15) is 0 Å². The van der Waals surface area contributed by atoms with Gasteiger partial charge in [0, 0.05) is 16.1 Å². The van der Waals surface area contributed by atoms with Gasteiger partial charge in [-0.15, -0.1) is 0 Å². The van der Waals surface area contributed by atoms with Gasteiger partial charge in [-0.05, 0) is 56.3 Å². The topological polar surface area (TPSA) is 106 Å². The first-order chi connectivity index (χ1) is 17.0. The fourth-order valence-corrected chi connectivity index (χ4v) is 7.24. The summed E-state index contributed by atoms with van der Waals surface area (Å²) in [6.07, 6.45) is 0.918. The summed E-state index contributed by atoms with van der Waals surface area (Å²) < 4.78 is 54.8. The number of rotatable bonds is 3. The van der Waals surface area contributed by atoms with Gasteiger partial charge in [0.25, 0.3) is 0 Å². The minimum Gasteiger partial charge on any atom is -0.242 e. The van der Waals surface area contributed by atoms with Crippen molar-refractivity contribution in [2.24, 2.45) is 4.99 Å². The largest absolute Gasteiger partial charge is 0.242 e. The van der Waals surface area contributed by atoms with Crippen molar-refractivity contribution in [1.29, 1.82) is 0 Å². The van der Waals surface area contributed by atoms with E-state index in [-0.39, 0.29) is 31.8 Å². The monoisotopic (exact) mass is 557 g/mol. The third kappa shape index (κ3) is 4.02. The Hall–Kier alpha value is -3.11. The zero-order valence-electron chi connectivity index (χ0n) is 18.9. The summed E-state index contributed by atoms with van der Waals surface area (Å²) in [5.41, 5.74) is 2.04. The van der Waals surface area contributed by atoms with Crippen LogP contribution in [-0.4, -0.2) is 32.5 Å². The number of aromatic nitrogens is 2. The molecule has 0 aliphatic carbocycles. The summed E-state index contributed by atoms with van der Waals surface area (Å²) >= 11 is 12.6. The third-order valence-electron chi connectivity index (χ3n) is 5.69. The number of nitrogens with zero attached hydrogens (tertiary/aromatic N) is 3. The van der Waals surface area contributed by atoms with Gasteiger partial charge in [0.05, 0.1) is 20.5 Å². The molecule has 0 fully saturated rings. The molecule has 5 rings (SSSR count). The average Bonchev–Trinajstić information content (AvgIpc) is 2.91. The van der Waals surface area contributed by atoms with Crippen LogP contribution in [0.5, 0.6) is 0 Å². The Morgan fingerprint density at radius 1 is 0.806 bits per heavy atom. The molecule has 7 nitrogen and oxygen atoms in total. The van der Waals surface area contributed by atoms with Crippen LogP contribution in [0.1, 0.15) is 22.3 Å². The highest BCUT2D eigenvalue weighted by Crippen LogP contribution is 2.41. The quantitative estimate of drug-likeness (QED) is 0.269. The van der Waals surface area contributed by atoms with Gasteiger partial charge >= 0.3 is 0 Å². The SMILES string of the molecule is Cc1ccc(S(=O)(=O)c2ncnc3c2N=C(c2ccc(Cl)cc2Cl)c2cc(C)ccc2S3(=O)=O)cc1. The van der Waals surface area contributed by atoms with E-state index in [2.05, 4.69) is 15.0 Å². The lowest BCUT2D eigenvalue weighted by atomic mass is 10.00. The van der Waals surface area contributed by atoms with Crippen molar-refractivity contribution in [3.05, 3.63) is 99.3 Å². The van der Waals surface area contributed by atoms with Crippen molar-refractivity contribution in [3.63, 3.8) is 0 Å². The van der Waals surface area contributed by atoms with E-state index in [9.17, 15) is 16.8 Å². The van der Waals surface area contributed by atoms with E-state index in [4.69, 9.17) is 23.2 Å². The fraction of sp³-hybridized carbons (Fsp3) is 0.0800. The zero-order chi connectivity index (χ0) is 25.8. The van der Waals surface area contributed by atoms with E-state index >= 15 is 0 Å². The van der Waals surface area contributed by atoms with Crippen LogP contribution >= 0.6 is 23.2 Å². The molecular weight excluding hydrogens is 541 g/mol. The average molecular weight is 558 g/mol. The lowest BCUT2D eigenvalue weighted by Gasteiger charge is -2.12. The summed E-state index contributed by atoms with van der Waals surface area (Å²) in [7, 11) is -8.55. The highest BCUT2D eigenvalue weighted by molar-refractivity contribution is 7.92. The number of aliphatic imine (C=N–C) groups is 1. The van der Waals surface area contributed by atoms with E-state index in [0.29, 0.717) is 10.6 Å². The molecule has 3 aromatic carbocycles. The smallest absolute Gasteiger partial charge is 0.226 e. The van der Waals surface area contributed by atoms with Crippen molar-refractivity contribution in [2.75, 3.05) is 0 Å². The molecule has 11 heteroatoms. The molecule has 1 aliphatic heterocycles. The van der Waals surface area contributed by atoms with Crippen molar-refractivity contribution >= 4 is 54.3 Å². The molecule has 0 saturated carbocycles. The van der Waals surface area contributed by atoms with Crippen LogP contribution in [0.3, 0.4) is 0 Å². The van der Waals surface area contributed by atoms with Crippen LogP contribution in [0.4, 0.5) is 5.69 Å². The first-order valence-electron chi connectivity index (χ1n) is 10.6. The maximum absolute atomic E-state index is 13.8. The molecule has 182 valence electrons. The lowest BCUT2D eigenvalue weighted by molar-refractivity contribution is 0.587. The van der Waals surface area contributed by atoms with Gasteiger partial charge in [0.2, 0.25) is 19.7 Å². The molecule has 0 amide bonds. The van der Waals surface area contributed by atoms with Crippen LogP contribution in [0.15, 0.2) is 91.8 Å². The van der Waals surface area contributed by atoms with E-state index in [1.165, 1.54) is 24.3 Å². The summed E-state index contributed by atoms with van der Waals surface area (Å²) in [6.45, 7) is 3.63. The molecule has 0 atom stereocenters. The molecule has 1 aliphatic rings. The zero-order valence-corrected chi connectivity index (χ0v) is 22.0. The lowest BCUT2D eigenvalue weighted by Crippen LogP contribution is -2.11. The first-order valence-corrected chi connectivity index (χ1v) is 14.3. The molecule has 0 radical (unpaired) electrons. The van der Waals surface area contributed by atoms with Crippen molar-refractivity contribution in [2.45, 2.75) is 33.7 Å². The summed E-state index contributed by atoms with van der Waals surface area (Å²) in [5, 5.41) is -0.434. The molecule has 1 aromatic heterocycles. The number of benzene rings is 3. The third-order valence-corrected chi connectivity index (χ3v) is 9.68.